The van der Waals surface area contributed by atoms with Crippen molar-refractivity contribution in [2.45, 2.75) is 13.8 Å². The monoisotopic (exact) mass is 375 g/mol. The van der Waals surface area contributed by atoms with Crippen LogP contribution in [-0.4, -0.2) is 37.9 Å². The average molecular weight is 375 g/mol. The van der Waals surface area contributed by atoms with E-state index < -0.39 is 22.5 Å². The summed E-state index contributed by atoms with van der Waals surface area (Å²) in [6.07, 6.45) is 1.04. The molecule has 0 unspecified atom stereocenters. The van der Waals surface area contributed by atoms with Crippen LogP contribution in [0.3, 0.4) is 0 Å². The minimum Gasteiger partial charge on any atom is -0.507 e. The largest absolute Gasteiger partial charge is 0.507 e. The number of amides is 1. The van der Waals surface area contributed by atoms with Gasteiger partial charge in [-0.15, -0.1) is 0 Å². The first-order valence-electron chi connectivity index (χ1n) is 7.85. The number of carbonyl (C=O) groups excluding carboxylic acids is 1. The zero-order valence-electron chi connectivity index (χ0n) is 14.8. The second kappa shape index (κ2) is 8.01. The van der Waals surface area contributed by atoms with E-state index in [4.69, 9.17) is 0 Å². The number of anilines is 1. The van der Waals surface area contributed by atoms with E-state index in [1.54, 1.807) is 56.3 Å². The van der Waals surface area contributed by atoms with Crippen molar-refractivity contribution >= 4 is 27.3 Å². The van der Waals surface area contributed by atoms with Crippen molar-refractivity contribution in [2.75, 3.05) is 17.1 Å². The van der Waals surface area contributed by atoms with E-state index >= 15 is 0 Å². The lowest BCUT2D eigenvalue weighted by Crippen LogP contribution is -2.39. The average Bonchev–Trinajstić information content (AvgIpc) is 2.58. The third-order valence-electron chi connectivity index (χ3n) is 3.71. The first kappa shape index (κ1) is 19.5. The highest BCUT2D eigenvalue weighted by Crippen LogP contribution is 2.21. The van der Waals surface area contributed by atoms with Crippen LogP contribution in [0, 0.1) is 6.92 Å². The van der Waals surface area contributed by atoms with Crippen molar-refractivity contribution in [3.05, 3.63) is 59.7 Å². The molecule has 0 spiro atoms. The molecule has 7 nitrogen and oxygen atoms in total. The summed E-state index contributed by atoms with van der Waals surface area (Å²) in [5.41, 5.74) is 4.38. The molecule has 0 aliphatic rings. The van der Waals surface area contributed by atoms with E-state index in [1.165, 1.54) is 6.07 Å². The number of phenolic OH excluding ortho intramolecular Hbond substituents is 1. The summed E-state index contributed by atoms with van der Waals surface area (Å²) in [7, 11) is -3.65. The van der Waals surface area contributed by atoms with E-state index in [1.807, 2.05) is 0 Å². The minimum atomic E-state index is -3.65. The van der Waals surface area contributed by atoms with E-state index in [0.29, 0.717) is 17.0 Å². The number of nitrogens with zero attached hydrogens (tertiary/aromatic N) is 2. The number of para-hydroxylation sites is 2. The molecule has 0 aromatic heterocycles. The maximum Gasteiger partial charge on any atom is 0.260 e. The highest BCUT2D eigenvalue weighted by Gasteiger charge is 2.22. The second-order valence-corrected chi connectivity index (χ2v) is 7.71. The zero-order valence-corrected chi connectivity index (χ0v) is 15.6. The third kappa shape index (κ3) is 4.82. The van der Waals surface area contributed by atoms with Crippen LogP contribution < -0.4 is 9.73 Å². The molecular formula is C18H21N3O4S. The van der Waals surface area contributed by atoms with Crippen LogP contribution in [0.4, 0.5) is 5.69 Å². The van der Waals surface area contributed by atoms with Gasteiger partial charge in [-0.3, -0.25) is 9.10 Å². The molecule has 0 saturated carbocycles. The number of nitrogens with one attached hydrogen (secondary N) is 1. The van der Waals surface area contributed by atoms with Crippen LogP contribution in [0.15, 0.2) is 53.6 Å². The quantitative estimate of drug-likeness (QED) is 0.596. The van der Waals surface area contributed by atoms with Gasteiger partial charge in [0.25, 0.3) is 5.91 Å². The Morgan fingerprint density at radius 3 is 2.38 bits per heavy atom. The standard InChI is InChI=1S/C18H21N3O4S/c1-13-8-4-6-10-16(13)21(26(3,24)25)12-18(23)20-19-14(2)15-9-5-7-11-17(15)22/h4-11,22H,12H2,1-3H3,(H,20,23)/b19-14-. The SMILES string of the molecule is C/C(=N/NC(=O)CN(c1ccccc1C)S(C)(=O)=O)c1ccccc1O. The summed E-state index contributed by atoms with van der Waals surface area (Å²) in [5, 5.41) is 13.7. The van der Waals surface area contributed by atoms with Crippen LogP contribution >= 0.6 is 0 Å². The molecule has 2 aromatic carbocycles. The molecule has 26 heavy (non-hydrogen) atoms. The van der Waals surface area contributed by atoms with Gasteiger partial charge in [0.2, 0.25) is 10.0 Å². The van der Waals surface area contributed by atoms with E-state index in [9.17, 15) is 18.3 Å². The third-order valence-corrected chi connectivity index (χ3v) is 4.84. The van der Waals surface area contributed by atoms with Gasteiger partial charge < -0.3 is 5.11 Å². The molecule has 0 heterocycles. The molecule has 2 N–H and O–H groups in total. The second-order valence-electron chi connectivity index (χ2n) is 5.81. The molecule has 0 aliphatic heterocycles. The van der Waals surface area contributed by atoms with Gasteiger partial charge in [-0.2, -0.15) is 5.10 Å². The predicted molar refractivity (Wildman–Crippen MR) is 102 cm³/mol. The van der Waals surface area contributed by atoms with Gasteiger partial charge in [-0.25, -0.2) is 13.8 Å². The van der Waals surface area contributed by atoms with Crippen LogP contribution in [0.2, 0.25) is 0 Å². The van der Waals surface area contributed by atoms with E-state index in [0.717, 1.165) is 16.1 Å². The van der Waals surface area contributed by atoms with Crippen molar-refractivity contribution < 1.29 is 18.3 Å². The molecule has 0 fully saturated rings. The molecule has 2 rings (SSSR count). The topological polar surface area (TPSA) is 99.1 Å². The number of aryl methyl sites for hydroxylation is 1. The first-order chi connectivity index (χ1) is 12.2. The van der Waals surface area contributed by atoms with Crippen LogP contribution in [0.25, 0.3) is 0 Å². The number of hydrogen-bond acceptors (Lipinski definition) is 5. The first-order valence-corrected chi connectivity index (χ1v) is 9.70. The Balaban J connectivity index is 2.17. The predicted octanol–water partition coefficient (Wildman–Crippen LogP) is 2.01. The van der Waals surface area contributed by atoms with Gasteiger partial charge in [0, 0.05) is 5.56 Å². The van der Waals surface area contributed by atoms with Crippen molar-refractivity contribution in [2.24, 2.45) is 5.10 Å². The smallest absolute Gasteiger partial charge is 0.260 e. The molecule has 2 aromatic rings. The molecule has 1 amide bonds. The summed E-state index contributed by atoms with van der Waals surface area (Å²) in [6, 6.07) is 13.5. The summed E-state index contributed by atoms with van der Waals surface area (Å²) in [4.78, 5) is 12.2. The Kier molecular flexibility index (Phi) is 5.99. The minimum absolute atomic E-state index is 0.0423. The van der Waals surface area contributed by atoms with E-state index in [-0.39, 0.29) is 5.75 Å². The van der Waals surface area contributed by atoms with Crippen LogP contribution in [-0.2, 0) is 14.8 Å². The number of aromatic hydroxyl groups is 1. The van der Waals surface area contributed by atoms with Crippen LogP contribution in [0.1, 0.15) is 18.1 Å². The number of carbonyl (C=O) groups is 1. The molecular weight excluding hydrogens is 354 g/mol. The fraction of sp³-hybridized carbons (Fsp3) is 0.222. The van der Waals surface area contributed by atoms with Crippen molar-refractivity contribution in [3.63, 3.8) is 0 Å². The van der Waals surface area contributed by atoms with Gasteiger partial charge in [0.1, 0.15) is 12.3 Å². The van der Waals surface area contributed by atoms with Crippen molar-refractivity contribution in [3.8, 4) is 5.75 Å². The van der Waals surface area contributed by atoms with Gasteiger partial charge in [-0.05, 0) is 37.6 Å². The molecule has 0 saturated heterocycles. The molecule has 0 aliphatic carbocycles. The lowest BCUT2D eigenvalue weighted by atomic mass is 10.1. The van der Waals surface area contributed by atoms with E-state index in [2.05, 4.69) is 10.5 Å². The molecule has 8 heteroatoms. The molecule has 0 atom stereocenters. The Bertz CT molecular complexity index is 939. The van der Waals surface area contributed by atoms with Gasteiger partial charge >= 0.3 is 0 Å². The molecule has 0 bridgehead atoms. The number of hydrazone groups is 1. The summed E-state index contributed by atoms with van der Waals surface area (Å²) < 4.78 is 25.2. The highest BCUT2D eigenvalue weighted by atomic mass is 32.2. The Hall–Kier alpha value is -2.87. The van der Waals surface area contributed by atoms with Crippen molar-refractivity contribution in [1.29, 1.82) is 0 Å². The summed E-state index contributed by atoms with van der Waals surface area (Å²) in [5.74, 6) is -0.547. The van der Waals surface area contributed by atoms with Gasteiger partial charge in [0.15, 0.2) is 0 Å². The summed E-state index contributed by atoms with van der Waals surface area (Å²) in [6.45, 7) is 3.00. The number of phenols is 1. The van der Waals surface area contributed by atoms with Crippen molar-refractivity contribution in [1.82, 2.24) is 5.43 Å². The zero-order chi connectivity index (χ0) is 19.3. The Labute approximate surface area is 153 Å². The number of benzene rings is 2. The Morgan fingerprint density at radius 1 is 1.15 bits per heavy atom. The molecule has 0 radical (unpaired) electrons. The normalized spacial score (nSPS) is 11.9. The number of rotatable bonds is 6. The highest BCUT2D eigenvalue weighted by molar-refractivity contribution is 7.92. The fourth-order valence-electron chi connectivity index (χ4n) is 2.38. The lowest BCUT2D eigenvalue weighted by molar-refractivity contribution is -0.119. The maximum absolute atomic E-state index is 12.2. The Morgan fingerprint density at radius 2 is 1.77 bits per heavy atom. The maximum atomic E-state index is 12.2. The van der Waals surface area contributed by atoms with Gasteiger partial charge in [-0.1, -0.05) is 30.3 Å². The van der Waals surface area contributed by atoms with Crippen LogP contribution in [0.5, 0.6) is 5.75 Å². The van der Waals surface area contributed by atoms with Gasteiger partial charge in [0.05, 0.1) is 17.7 Å². The number of hydrogen-bond donors (Lipinski definition) is 2. The lowest BCUT2D eigenvalue weighted by Gasteiger charge is -2.23. The fourth-order valence-corrected chi connectivity index (χ4v) is 3.29. The summed E-state index contributed by atoms with van der Waals surface area (Å²) >= 11 is 0. The number of sulfonamides is 1. The molecule has 138 valence electrons.